The Hall–Kier alpha value is -5.84. The summed E-state index contributed by atoms with van der Waals surface area (Å²) in [6.07, 6.45) is 12.9. The number of carboxylic acids is 1. The summed E-state index contributed by atoms with van der Waals surface area (Å²) < 4.78 is 27.5. The molecule has 12 heteroatoms. The molecule has 0 unspecified atom stereocenters. The molecule has 0 fully saturated rings. The number of thiophene rings is 4. The van der Waals surface area contributed by atoms with Crippen LogP contribution in [0, 0.1) is 11.3 Å². The maximum atomic E-state index is 11.9. The van der Waals surface area contributed by atoms with Gasteiger partial charge in [-0.05, 0) is 84.8 Å². The van der Waals surface area contributed by atoms with E-state index in [1.807, 2.05) is 22.7 Å². The Labute approximate surface area is 400 Å². The van der Waals surface area contributed by atoms with Crippen LogP contribution in [0.1, 0.15) is 81.2 Å². The van der Waals surface area contributed by atoms with Crippen molar-refractivity contribution in [2.45, 2.75) is 78.1 Å². The second-order valence-corrected chi connectivity index (χ2v) is 20.9. The van der Waals surface area contributed by atoms with Gasteiger partial charge in [-0.1, -0.05) is 101 Å². The predicted octanol–water partition coefficient (Wildman–Crippen LogP) is 15.5. The van der Waals surface area contributed by atoms with Crippen LogP contribution < -0.4 is 18.9 Å². The molecule has 0 aliphatic carbocycles. The number of carbonyl (C=O) groups is 1. The van der Waals surface area contributed by atoms with Gasteiger partial charge in [0.2, 0.25) is 0 Å². The first-order chi connectivity index (χ1) is 32.4. The number of hydrogen-bond donors (Lipinski definition) is 1. The Morgan fingerprint density at radius 3 is 1.73 bits per heavy atom. The van der Waals surface area contributed by atoms with Gasteiger partial charge in [0, 0.05) is 36.0 Å². The standard InChI is InChI=1S/C54H50N2O6S4/c1-3-5-7-9-15-34-29-43(64-49(34)33-21-23-37(24-22-33)56-40-19-13-11-17-38(40)39-18-12-14-20-41(39)56)50-35(16-10-8-6-4-2)30-44(65-50)51-47-48(62-28-27-61-47)53(66-51)52-46-45(59-25-26-60-46)42(63-52)31-36(32-55)54(57)58/h11-14,17-24,29-31H,3-10,15-16,25-28H2,1-2H3,(H,57,58)/b36-31-. The Balaban J connectivity index is 1.06. The summed E-state index contributed by atoms with van der Waals surface area (Å²) in [4.78, 5) is 20.1. The number of ether oxygens (including phenoxy) is 4. The third-order valence-corrected chi connectivity index (χ3v) is 17.5. The lowest BCUT2D eigenvalue weighted by Crippen LogP contribution is -2.15. The normalized spacial score (nSPS) is 13.4. The zero-order valence-corrected chi connectivity index (χ0v) is 40.3. The smallest absolute Gasteiger partial charge is 0.346 e. The quantitative estimate of drug-likeness (QED) is 0.0551. The van der Waals surface area contributed by atoms with E-state index in [1.54, 1.807) is 17.4 Å². The van der Waals surface area contributed by atoms with Crippen LogP contribution >= 0.6 is 45.3 Å². The van der Waals surface area contributed by atoms with Crippen molar-refractivity contribution in [2.24, 2.45) is 0 Å². The molecule has 0 bridgehead atoms. The number of para-hydroxylation sites is 2. The zero-order valence-electron chi connectivity index (χ0n) is 37.1. The van der Waals surface area contributed by atoms with E-state index in [9.17, 15) is 15.2 Å². The van der Waals surface area contributed by atoms with Crippen LogP contribution in [0.15, 0.2) is 90.5 Å². The van der Waals surface area contributed by atoms with Crippen molar-refractivity contribution < 1.29 is 28.8 Å². The van der Waals surface area contributed by atoms with Gasteiger partial charge >= 0.3 is 5.97 Å². The molecule has 1 N–H and O–H groups in total. The SMILES string of the molecule is CCCCCCc1cc(-c2sc(-c3sc(-c4sc(/C=C(/C#N)C(=O)O)c5c4OCCO5)c4c3OCCO4)cc2CCCCCC)sc1-c1ccc(-n2c3ccccc3c3ccccc32)cc1. The molecular formula is C54H50N2O6S4. The van der Waals surface area contributed by atoms with Gasteiger partial charge in [0.25, 0.3) is 0 Å². The number of unbranched alkanes of at least 4 members (excludes halogenated alkanes) is 6. The molecule has 2 aliphatic heterocycles. The topological polar surface area (TPSA) is 103 Å². The molecule has 5 aromatic heterocycles. The highest BCUT2D eigenvalue weighted by Crippen LogP contribution is 2.61. The minimum Gasteiger partial charge on any atom is -0.485 e. The van der Waals surface area contributed by atoms with Crippen molar-refractivity contribution in [1.29, 1.82) is 5.26 Å². The third-order valence-electron chi connectivity index (χ3n) is 12.3. The van der Waals surface area contributed by atoms with Crippen LogP contribution in [-0.2, 0) is 17.6 Å². The molecule has 336 valence electrons. The summed E-state index contributed by atoms with van der Waals surface area (Å²) in [5.41, 5.74) is 7.21. The molecule has 0 radical (unpaired) electrons. The van der Waals surface area contributed by atoms with E-state index in [0.29, 0.717) is 48.6 Å². The van der Waals surface area contributed by atoms with Gasteiger partial charge in [-0.3, -0.25) is 0 Å². The van der Waals surface area contributed by atoms with Crippen molar-refractivity contribution in [1.82, 2.24) is 4.57 Å². The molecule has 0 amide bonds. The van der Waals surface area contributed by atoms with Crippen molar-refractivity contribution in [3.63, 3.8) is 0 Å². The lowest BCUT2D eigenvalue weighted by atomic mass is 10.0. The summed E-state index contributed by atoms with van der Waals surface area (Å²) in [5.74, 6) is 1.07. The van der Waals surface area contributed by atoms with Gasteiger partial charge < -0.3 is 28.6 Å². The molecular weight excluding hydrogens is 901 g/mol. The van der Waals surface area contributed by atoms with Gasteiger partial charge in [-0.2, -0.15) is 5.26 Å². The number of aryl methyl sites for hydroxylation is 2. The lowest BCUT2D eigenvalue weighted by Gasteiger charge is -2.18. The van der Waals surface area contributed by atoms with E-state index >= 15 is 0 Å². The Bertz CT molecular complexity index is 3080. The molecule has 7 heterocycles. The molecule has 0 spiro atoms. The largest absolute Gasteiger partial charge is 0.485 e. The maximum Gasteiger partial charge on any atom is 0.346 e. The summed E-state index contributed by atoms with van der Waals surface area (Å²) in [7, 11) is 0. The number of nitriles is 1. The Morgan fingerprint density at radius 2 is 1.14 bits per heavy atom. The van der Waals surface area contributed by atoms with Crippen molar-refractivity contribution in [2.75, 3.05) is 26.4 Å². The van der Waals surface area contributed by atoms with Gasteiger partial charge in [0.15, 0.2) is 23.0 Å². The Morgan fingerprint density at radius 1 is 0.621 bits per heavy atom. The molecule has 8 aromatic rings. The first-order valence-corrected chi connectivity index (χ1v) is 26.3. The van der Waals surface area contributed by atoms with Gasteiger partial charge in [-0.25, -0.2) is 4.79 Å². The number of aromatic nitrogens is 1. The van der Waals surface area contributed by atoms with Crippen LogP contribution in [0.2, 0.25) is 0 Å². The van der Waals surface area contributed by atoms with E-state index in [-0.39, 0.29) is 5.57 Å². The summed E-state index contributed by atoms with van der Waals surface area (Å²) in [6.45, 7) is 6.05. The van der Waals surface area contributed by atoms with Crippen molar-refractivity contribution in [3.8, 4) is 74.5 Å². The number of carboxylic acid groups (broad SMARTS) is 1. The second-order valence-electron chi connectivity index (χ2n) is 16.7. The number of aliphatic carboxylic acids is 1. The highest BCUT2D eigenvalue weighted by molar-refractivity contribution is 7.29. The number of rotatable bonds is 17. The summed E-state index contributed by atoms with van der Waals surface area (Å²) in [6, 6.07) is 33.2. The van der Waals surface area contributed by atoms with E-state index in [0.717, 1.165) is 56.6 Å². The summed E-state index contributed by atoms with van der Waals surface area (Å²) >= 11 is 6.69. The molecule has 10 rings (SSSR count). The molecule has 8 nitrogen and oxygen atoms in total. The minimum atomic E-state index is -1.29. The van der Waals surface area contributed by atoms with Crippen LogP contribution in [0.25, 0.3) is 73.3 Å². The van der Waals surface area contributed by atoms with Gasteiger partial charge in [-0.15, -0.1) is 45.3 Å². The van der Waals surface area contributed by atoms with Crippen molar-refractivity contribution >= 4 is 79.2 Å². The average molecular weight is 951 g/mol. The van der Waals surface area contributed by atoms with Crippen LogP contribution in [-0.4, -0.2) is 42.1 Å². The minimum absolute atomic E-state index is 0.324. The zero-order chi connectivity index (χ0) is 45.1. The number of nitrogens with zero attached hydrogens (tertiary/aromatic N) is 2. The number of hydrogen-bond acceptors (Lipinski definition) is 10. The number of fused-ring (bicyclic) bond motifs is 5. The van der Waals surface area contributed by atoms with Crippen molar-refractivity contribution in [3.05, 3.63) is 107 Å². The van der Waals surface area contributed by atoms with Crippen LogP contribution in [0.3, 0.4) is 0 Å². The van der Waals surface area contributed by atoms with E-state index in [4.69, 9.17) is 18.9 Å². The average Bonchev–Trinajstić information content (AvgIpc) is 4.19. The fourth-order valence-electron chi connectivity index (χ4n) is 9.11. The fourth-order valence-corrected chi connectivity index (χ4v) is 14.2. The van der Waals surface area contributed by atoms with E-state index in [1.165, 1.54) is 109 Å². The maximum absolute atomic E-state index is 11.9. The molecule has 2 aliphatic rings. The fraction of sp³-hybridized carbons (Fsp3) is 0.296. The number of benzene rings is 3. The van der Waals surface area contributed by atoms with Crippen LogP contribution in [0.4, 0.5) is 0 Å². The van der Waals surface area contributed by atoms with Gasteiger partial charge in [0.05, 0.1) is 30.5 Å². The Kier molecular flexibility index (Phi) is 13.0. The predicted molar refractivity (Wildman–Crippen MR) is 273 cm³/mol. The second kappa shape index (κ2) is 19.6. The third kappa shape index (κ3) is 8.43. The highest BCUT2D eigenvalue weighted by atomic mass is 32.1. The van der Waals surface area contributed by atoms with E-state index in [2.05, 4.69) is 103 Å². The molecule has 3 aromatic carbocycles. The molecule has 66 heavy (non-hydrogen) atoms. The van der Waals surface area contributed by atoms with E-state index < -0.39 is 5.97 Å². The first-order valence-electron chi connectivity index (χ1n) is 23.0. The molecule has 0 atom stereocenters. The molecule has 0 saturated carbocycles. The first kappa shape index (κ1) is 44.0. The summed E-state index contributed by atoms with van der Waals surface area (Å²) in [5, 5.41) is 21.8. The highest BCUT2D eigenvalue weighted by Gasteiger charge is 2.34. The lowest BCUT2D eigenvalue weighted by molar-refractivity contribution is -0.132. The van der Waals surface area contributed by atoms with Crippen LogP contribution in [0.5, 0.6) is 23.0 Å². The van der Waals surface area contributed by atoms with Gasteiger partial charge in [0.1, 0.15) is 38.1 Å². The monoisotopic (exact) mass is 950 g/mol. The molecule has 0 saturated heterocycles.